The zero-order valence-electron chi connectivity index (χ0n) is 6.84. The lowest BCUT2D eigenvalue weighted by Gasteiger charge is -2.28. The quantitative estimate of drug-likeness (QED) is 0.193. The molecule has 7 nitrogen and oxygen atoms in total. The number of thiol groups is 1. The van der Waals surface area contributed by atoms with Crippen molar-refractivity contribution >= 4 is 18.8 Å². The molecule has 0 aromatic heterocycles. The highest BCUT2D eigenvalue weighted by atomic mass is 32.1. The van der Waals surface area contributed by atoms with Crippen LogP contribution in [0.4, 0.5) is 0 Å². The van der Waals surface area contributed by atoms with Gasteiger partial charge in [-0.1, -0.05) is 12.8 Å². The summed E-state index contributed by atoms with van der Waals surface area (Å²) in [6, 6.07) is 0. The fraction of sp³-hybridized carbons (Fsp3) is 0.500. The first-order chi connectivity index (χ1) is 6.46. The number of rotatable bonds is 3. The molecule has 0 aromatic carbocycles. The Morgan fingerprint density at radius 1 is 1.57 bits per heavy atom. The van der Waals surface area contributed by atoms with Crippen molar-refractivity contribution < 1.29 is 30.0 Å². The van der Waals surface area contributed by atoms with Crippen molar-refractivity contribution in [2.75, 3.05) is 6.61 Å². The van der Waals surface area contributed by atoms with E-state index in [4.69, 9.17) is 15.3 Å². The van der Waals surface area contributed by atoms with Crippen LogP contribution < -0.4 is 4.72 Å². The van der Waals surface area contributed by atoms with Gasteiger partial charge in [-0.05, 0) is 0 Å². The monoisotopic (exact) mass is 223 g/mol. The number of hydrogen-bond acceptors (Lipinski definition) is 8. The lowest BCUT2D eigenvalue weighted by molar-refractivity contribution is -0.160. The van der Waals surface area contributed by atoms with Crippen molar-refractivity contribution in [3.63, 3.8) is 0 Å². The van der Waals surface area contributed by atoms with E-state index in [1.807, 2.05) is 4.72 Å². The zero-order valence-corrected chi connectivity index (χ0v) is 7.73. The van der Waals surface area contributed by atoms with Gasteiger partial charge in [-0.15, -0.1) is 0 Å². The SMILES string of the molecule is O=C1O[C@H]([C@@](O)(CO)NS)C(O)=C1O. The van der Waals surface area contributed by atoms with E-state index in [0.717, 1.165) is 0 Å². The molecular weight excluding hydrogens is 214 g/mol. The number of hydrogen-bond donors (Lipinski definition) is 6. The van der Waals surface area contributed by atoms with Crippen LogP contribution in [0.1, 0.15) is 0 Å². The molecule has 14 heavy (non-hydrogen) atoms. The lowest BCUT2D eigenvalue weighted by atomic mass is 10.1. The van der Waals surface area contributed by atoms with Crippen LogP contribution in [0, 0.1) is 0 Å². The number of carbonyl (C=O) groups is 1. The maximum absolute atomic E-state index is 10.7. The van der Waals surface area contributed by atoms with Gasteiger partial charge in [-0.2, -0.15) is 0 Å². The van der Waals surface area contributed by atoms with Gasteiger partial charge in [-0.25, -0.2) is 9.52 Å². The van der Waals surface area contributed by atoms with Crippen molar-refractivity contribution in [1.82, 2.24) is 4.72 Å². The smallest absolute Gasteiger partial charge is 0.378 e. The molecule has 5 N–H and O–H groups in total. The van der Waals surface area contributed by atoms with Crippen LogP contribution in [0.3, 0.4) is 0 Å². The minimum atomic E-state index is -2.15. The molecule has 1 heterocycles. The third kappa shape index (κ3) is 1.52. The van der Waals surface area contributed by atoms with Gasteiger partial charge in [0.1, 0.15) is 0 Å². The summed E-state index contributed by atoms with van der Waals surface area (Å²) < 4.78 is 6.36. The Balaban J connectivity index is 2.97. The number of aliphatic hydroxyl groups excluding tert-OH is 3. The Hall–Kier alpha value is -0.960. The lowest BCUT2D eigenvalue weighted by Crippen LogP contribution is -2.55. The Kier molecular flexibility index (Phi) is 2.90. The number of cyclic esters (lactones) is 1. The summed E-state index contributed by atoms with van der Waals surface area (Å²) in [5, 5.41) is 36.3. The van der Waals surface area contributed by atoms with E-state index in [2.05, 4.69) is 17.6 Å². The summed E-state index contributed by atoms with van der Waals surface area (Å²) in [5.41, 5.74) is -2.15. The van der Waals surface area contributed by atoms with Crippen molar-refractivity contribution in [3.05, 3.63) is 11.5 Å². The summed E-state index contributed by atoms with van der Waals surface area (Å²) in [6.45, 7) is -0.869. The van der Waals surface area contributed by atoms with Crippen molar-refractivity contribution in [3.8, 4) is 0 Å². The van der Waals surface area contributed by atoms with Gasteiger partial charge in [0, 0.05) is 0 Å². The molecule has 0 spiro atoms. The molecule has 8 heteroatoms. The fourth-order valence-electron chi connectivity index (χ4n) is 0.948. The largest absolute Gasteiger partial charge is 0.505 e. The minimum absolute atomic E-state index is 0.854. The molecule has 0 saturated heterocycles. The van der Waals surface area contributed by atoms with E-state index in [9.17, 15) is 9.90 Å². The van der Waals surface area contributed by atoms with Gasteiger partial charge in [0.05, 0.1) is 6.61 Å². The second-order valence-corrected chi connectivity index (χ2v) is 2.94. The second-order valence-electron chi connectivity index (χ2n) is 2.71. The first-order valence-electron chi connectivity index (χ1n) is 3.54. The third-order valence-corrected chi connectivity index (χ3v) is 2.16. The number of aliphatic hydroxyl groups is 4. The molecule has 0 saturated carbocycles. The molecule has 0 unspecified atom stereocenters. The van der Waals surface area contributed by atoms with Crippen molar-refractivity contribution in [2.24, 2.45) is 0 Å². The number of ether oxygens (including phenoxy) is 1. The van der Waals surface area contributed by atoms with Gasteiger partial charge in [0.25, 0.3) is 0 Å². The molecular formula is C6H9NO6S. The second kappa shape index (κ2) is 3.65. The summed E-state index contributed by atoms with van der Waals surface area (Å²) in [6.07, 6.45) is -1.59. The van der Waals surface area contributed by atoms with Crippen LogP contribution in [-0.4, -0.2) is 44.8 Å². The van der Waals surface area contributed by atoms with Crippen molar-refractivity contribution in [2.45, 2.75) is 11.8 Å². The highest BCUT2D eigenvalue weighted by molar-refractivity contribution is 7.78. The number of carbonyl (C=O) groups excluding carboxylic acids is 1. The van der Waals surface area contributed by atoms with E-state index in [-0.39, 0.29) is 0 Å². The molecule has 1 aliphatic rings. The van der Waals surface area contributed by atoms with Crippen LogP contribution in [-0.2, 0) is 9.53 Å². The van der Waals surface area contributed by atoms with E-state index in [0.29, 0.717) is 0 Å². The van der Waals surface area contributed by atoms with Crippen LogP contribution in [0.2, 0.25) is 0 Å². The van der Waals surface area contributed by atoms with Gasteiger partial charge in [-0.3, -0.25) is 0 Å². The maximum atomic E-state index is 10.7. The Morgan fingerprint density at radius 3 is 2.43 bits per heavy atom. The zero-order chi connectivity index (χ0) is 10.9. The van der Waals surface area contributed by atoms with E-state index < -0.39 is 35.9 Å². The molecule has 0 fully saturated rings. The third-order valence-electron chi connectivity index (χ3n) is 1.78. The minimum Gasteiger partial charge on any atom is -0.505 e. The van der Waals surface area contributed by atoms with Gasteiger partial charge < -0.3 is 25.2 Å². The highest BCUT2D eigenvalue weighted by Crippen LogP contribution is 2.26. The molecule has 0 aromatic rings. The molecule has 1 rings (SSSR count). The van der Waals surface area contributed by atoms with E-state index in [1.54, 1.807) is 0 Å². The van der Waals surface area contributed by atoms with Crippen LogP contribution in [0.15, 0.2) is 11.5 Å². The number of esters is 1. The van der Waals surface area contributed by atoms with Gasteiger partial charge in [0.15, 0.2) is 11.5 Å². The Bertz CT molecular complexity index is 286. The first kappa shape index (κ1) is 11.1. The first-order valence-corrected chi connectivity index (χ1v) is 3.98. The van der Waals surface area contributed by atoms with Crippen molar-refractivity contribution in [1.29, 1.82) is 0 Å². The molecule has 2 atom stereocenters. The topological polar surface area (TPSA) is 119 Å². The normalized spacial score (nSPS) is 26.2. The molecule has 80 valence electrons. The molecule has 0 radical (unpaired) electrons. The Morgan fingerprint density at radius 2 is 2.14 bits per heavy atom. The predicted octanol–water partition coefficient (Wildman–Crippen LogP) is -1.65. The molecule has 0 amide bonds. The average Bonchev–Trinajstić information content (AvgIpc) is 2.45. The standard InChI is InChI=1S/C6H9NO6S/c8-1-6(12,7-14)4-2(9)3(10)5(11)13-4/h4,7-10,12,14H,1H2/t4-,6-/m0/s1. The maximum Gasteiger partial charge on any atom is 0.378 e. The summed E-state index contributed by atoms with van der Waals surface area (Å²) in [5.74, 6) is -3.03. The van der Waals surface area contributed by atoms with Crippen LogP contribution in [0.25, 0.3) is 0 Å². The summed E-state index contributed by atoms with van der Waals surface area (Å²) in [4.78, 5) is 10.7. The average molecular weight is 223 g/mol. The van der Waals surface area contributed by atoms with E-state index >= 15 is 0 Å². The van der Waals surface area contributed by atoms with Crippen LogP contribution >= 0.6 is 12.8 Å². The molecule has 0 bridgehead atoms. The summed E-state index contributed by atoms with van der Waals surface area (Å²) >= 11 is 3.49. The summed E-state index contributed by atoms with van der Waals surface area (Å²) in [7, 11) is 0. The predicted molar refractivity (Wildman–Crippen MR) is 46.3 cm³/mol. The van der Waals surface area contributed by atoms with E-state index in [1.165, 1.54) is 0 Å². The molecule has 0 aliphatic carbocycles. The molecule has 1 aliphatic heterocycles. The van der Waals surface area contributed by atoms with Gasteiger partial charge in [0.2, 0.25) is 11.9 Å². The highest BCUT2D eigenvalue weighted by Gasteiger charge is 2.48. The fourth-order valence-corrected chi connectivity index (χ4v) is 1.14. The Labute approximate surface area is 84.2 Å². The van der Waals surface area contributed by atoms with Crippen LogP contribution in [0.5, 0.6) is 0 Å². The number of nitrogens with one attached hydrogen (secondary N) is 1. The van der Waals surface area contributed by atoms with Gasteiger partial charge >= 0.3 is 5.97 Å².